The largest absolute Gasteiger partial charge is 0.460 e. The van der Waals surface area contributed by atoms with Crippen molar-refractivity contribution in [1.29, 1.82) is 0 Å². The second-order valence-corrected chi connectivity index (χ2v) is 10.8. The number of nitrogens with one attached hydrogen (secondary N) is 1. The summed E-state index contributed by atoms with van der Waals surface area (Å²) in [5.74, 6) is -0.472. The summed E-state index contributed by atoms with van der Waals surface area (Å²) < 4.78 is 6.66. The van der Waals surface area contributed by atoms with Crippen LogP contribution in [0.15, 0.2) is 48.5 Å². The first-order valence-corrected chi connectivity index (χ1v) is 12.1. The van der Waals surface area contributed by atoms with E-state index in [-0.39, 0.29) is 18.3 Å². The Morgan fingerprint density at radius 1 is 1.15 bits per heavy atom. The summed E-state index contributed by atoms with van der Waals surface area (Å²) in [5, 5.41) is 3.92. The fraction of sp³-hybridized carbons (Fsp3) is 0.370. The molecule has 0 radical (unpaired) electrons. The van der Waals surface area contributed by atoms with Crippen LogP contribution in [0.5, 0.6) is 0 Å². The van der Waals surface area contributed by atoms with Crippen LogP contribution < -0.4 is 5.32 Å². The molecule has 0 atom stereocenters. The summed E-state index contributed by atoms with van der Waals surface area (Å²) in [5.41, 5.74) is 2.83. The van der Waals surface area contributed by atoms with Crippen LogP contribution in [-0.4, -0.2) is 22.5 Å². The van der Waals surface area contributed by atoms with Gasteiger partial charge in [0.25, 0.3) is 0 Å². The number of rotatable bonds is 6. The number of fused-ring (bicyclic) bond motifs is 2. The molecule has 0 bridgehead atoms. The number of amides is 1. The molecular weight excluding hydrogens is 432 g/mol. The van der Waals surface area contributed by atoms with Gasteiger partial charge in [-0.05, 0) is 69.4 Å². The number of benzene rings is 2. The highest BCUT2D eigenvalue weighted by Gasteiger charge is 2.46. The predicted octanol–water partition coefficient (Wildman–Crippen LogP) is 5.46. The minimum absolute atomic E-state index is 0.0529. The molecule has 0 unspecified atom stereocenters. The zero-order valence-electron chi connectivity index (χ0n) is 19.6. The van der Waals surface area contributed by atoms with E-state index in [4.69, 9.17) is 9.72 Å². The Kier molecular flexibility index (Phi) is 6.39. The first-order chi connectivity index (χ1) is 15.7. The molecule has 33 heavy (non-hydrogen) atoms. The van der Waals surface area contributed by atoms with Crippen molar-refractivity contribution < 1.29 is 14.3 Å². The Morgan fingerprint density at radius 3 is 2.48 bits per heavy atom. The van der Waals surface area contributed by atoms with E-state index in [9.17, 15) is 9.59 Å². The third-order valence-corrected chi connectivity index (χ3v) is 6.81. The predicted molar refractivity (Wildman–Crippen MR) is 133 cm³/mol. The van der Waals surface area contributed by atoms with E-state index in [0.717, 1.165) is 31.9 Å². The summed E-state index contributed by atoms with van der Waals surface area (Å²) in [6.07, 6.45) is 5.15. The lowest BCUT2D eigenvalue weighted by Gasteiger charge is -2.28. The molecule has 2 aromatic carbocycles. The van der Waals surface area contributed by atoms with Gasteiger partial charge in [-0.2, -0.15) is 0 Å². The van der Waals surface area contributed by atoms with Crippen LogP contribution in [0.3, 0.4) is 0 Å². The molecule has 6 heteroatoms. The molecule has 1 aromatic heterocycles. The SMILES string of the molecule is C/C=C/c1ccc2sc(CNC(=O)C3(CC(=O)OC(C)(C)C)Cc4ccccc4C3)nc2c1. The van der Waals surface area contributed by atoms with Crippen molar-refractivity contribution in [3.8, 4) is 0 Å². The molecule has 0 aliphatic heterocycles. The maximum atomic E-state index is 13.5. The van der Waals surface area contributed by atoms with E-state index in [1.807, 2.05) is 64.1 Å². The fourth-order valence-electron chi connectivity index (χ4n) is 4.42. The van der Waals surface area contributed by atoms with Gasteiger partial charge in [-0.1, -0.05) is 42.5 Å². The lowest BCUT2D eigenvalue weighted by atomic mass is 9.80. The molecule has 4 rings (SSSR count). The Balaban J connectivity index is 1.52. The average Bonchev–Trinajstić information content (AvgIpc) is 3.31. The molecule has 1 N–H and O–H groups in total. The number of esters is 1. The van der Waals surface area contributed by atoms with Crippen LogP contribution in [0.25, 0.3) is 16.3 Å². The second-order valence-electron chi connectivity index (χ2n) is 9.68. The van der Waals surface area contributed by atoms with Gasteiger partial charge in [0.05, 0.1) is 28.6 Å². The summed E-state index contributed by atoms with van der Waals surface area (Å²) in [6.45, 7) is 7.85. The highest BCUT2D eigenvalue weighted by molar-refractivity contribution is 7.18. The number of ether oxygens (including phenoxy) is 1. The molecule has 1 amide bonds. The van der Waals surface area contributed by atoms with E-state index >= 15 is 0 Å². The van der Waals surface area contributed by atoms with Crippen LogP contribution in [0.1, 0.15) is 55.8 Å². The first-order valence-electron chi connectivity index (χ1n) is 11.3. The van der Waals surface area contributed by atoms with Crippen LogP contribution in [0.2, 0.25) is 0 Å². The Morgan fingerprint density at radius 2 is 1.85 bits per heavy atom. The number of allylic oxidation sites excluding steroid dienone is 1. The van der Waals surface area contributed by atoms with Crippen LogP contribution >= 0.6 is 11.3 Å². The van der Waals surface area contributed by atoms with Crippen molar-refractivity contribution in [2.24, 2.45) is 5.41 Å². The zero-order valence-corrected chi connectivity index (χ0v) is 20.4. The summed E-state index contributed by atoms with van der Waals surface area (Å²) >= 11 is 1.58. The number of carbonyl (C=O) groups is 2. The van der Waals surface area contributed by atoms with Gasteiger partial charge in [0.2, 0.25) is 5.91 Å². The van der Waals surface area contributed by atoms with Gasteiger partial charge in [-0.25, -0.2) is 4.98 Å². The van der Waals surface area contributed by atoms with E-state index in [0.29, 0.717) is 19.4 Å². The third kappa shape index (κ3) is 5.33. The molecule has 1 heterocycles. The van der Waals surface area contributed by atoms with Gasteiger partial charge >= 0.3 is 5.97 Å². The van der Waals surface area contributed by atoms with Gasteiger partial charge in [0, 0.05) is 0 Å². The molecule has 0 fully saturated rings. The second kappa shape index (κ2) is 9.10. The van der Waals surface area contributed by atoms with Crippen LogP contribution in [-0.2, 0) is 33.7 Å². The molecule has 5 nitrogen and oxygen atoms in total. The summed E-state index contributed by atoms with van der Waals surface area (Å²) in [7, 11) is 0. The normalized spacial score (nSPS) is 15.0. The maximum absolute atomic E-state index is 13.5. The van der Waals surface area contributed by atoms with Crippen molar-refractivity contribution in [2.75, 3.05) is 0 Å². The topological polar surface area (TPSA) is 68.3 Å². The van der Waals surface area contributed by atoms with Gasteiger partial charge in [0.1, 0.15) is 10.6 Å². The Bertz CT molecular complexity index is 1190. The minimum atomic E-state index is -0.845. The summed E-state index contributed by atoms with van der Waals surface area (Å²) in [4.78, 5) is 31.0. The van der Waals surface area contributed by atoms with Gasteiger partial charge in [0.15, 0.2) is 0 Å². The van der Waals surface area contributed by atoms with Crippen molar-refractivity contribution in [3.05, 3.63) is 70.2 Å². The number of thiazole rings is 1. The molecule has 0 saturated heterocycles. The number of carbonyl (C=O) groups excluding carboxylic acids is 2. The van der Waals surface area contributed by atoms with Crippen LogP contribution in [0, 0.1) is 5.41 Å². The molecule has 172 valence electrons. The number of hydrogen-bond donors (Lipinski definition) is 1. The molecule has 0 saturated carbocycles. The Hall–Kier alpha value is -2.99. The molecular formula is C27H30N2O3S. The van der Waals surface area contributed by atoms with E-state index in [1.165, 1.54) is 0 Å². The monoisotopic (exact) mass is 462 g/mol. The third-order valence-electron chi connectivity index (χ3n) is 5.78. The molecule has 1 aliphatic carbocycles. The van der Waals surface area contributed by atoms with E-state index in [1.54, 1.807) is 11.3 Å². The quantitative estimate of drug-likeness (QED) is 0.494. The fourth-order valence-corrected chi connectivity index (χ4v) is 5.31. The lowest BCUT2D eigenvalue weighted by Crippen LogP contribution is -2.44. The molecule has 0 spiro atoms. The van der Waals surface area contributed by atoms with Crippen molar-refractivity contribution in [1.82, 2.24) is 10.3 Å². The number of nitrogens with zero attached hydrogens (tertiary/aromatic N) is 1. The lowest BCUT2D eigenvalue weighted by molar-refractivity contribution is -0.160. The van der Waals surface area contributed by atoms with Crippen molar-refractivity contribution in [2.45, 2.75) is 59.1 Å². The summed E-state index contributed by atoms with van der Waals surface area (Å²) in [6, 6.07) is 14.2. The van der Waals surface area contributed by atoms with Crippen LogP contribution in [0.4, 0.5) is 0 Å². The average molecular weight is 463 g/mol. The van der Waals surface area contributed by atoms with E-state index in [2.05, 4.69) is 23.5 Å². The highest BCUT2D eigenvalue weighted by atomic mass is 32.1. The van der Waals surface area contributed by atoms with Gasteiger partial charge in [-0.3, -0.25) is 9.59 Å². The first kappa shape index (κ1) is 23.2. The highest BCUT2D eigenvalue weighted by Crippen LogP contribution is 2.41. The molecule has 1 aliphatic rings. The van der Waals surface area contributed by atoms with Crippen molar-refractivity contribution >= 4 is 39.5 Å². The molecule has 3 aromatic rings. The van der Waals surface area contributed by atoms with E-state index < -0.39 is 11.0 Å². The maximum Gasteiger partial charge on any atom is 0.307 e. The van der Waals surface area contributed by atoms with Gasteiger partial charge < -0.3 is 10.1 Å². The number of aromatic nitrogens is 1. The minimum Gasteiger partial charge on any atom is -0.460 e. The smallest absolute Gasteiger partial charge is 0.307 e. The standard InChI is InChI=1S/C27H30N2O3S/c1-5-8-18-11-12-22-21(13-18)29-23(33-22)17-28-25(31)27(16-24(30)32-26(2,3)4)14-19-9-6-7-10-20(19)15-27/h5-13H,14-17H2,1-4H3,(H,28,31)/b8-5+. The van der Waals surface area contributed by atoms with Crippen molar-refractivity contribution in [3.63, 3.8) is 0 Å². The number of hydrogen-bond acceptors (Lipinski definition) is 5. The Labute approximate surface area is 198 Å². The zero-order chi connectivity index (χ0) is 23.6. The van der Waals surface area contributed by atoms with Gasteiger partial charge in [-0.15, -0.1) is 11.3 Å².